The first-order chi connectivity index (χ1) is 13.1. The van der Waals surface area contributed by atoms with Crippen LogP contribution in [0, 0.1) is 23.2 Å². The number of nitrogens with zero attached hydrogens (tertiary/aromatic N) is 3. The van der Waals surface area contributed by atoms with E-state index in [4.69, 9.17) is 10.00 Å². The molecule has 0 radical (unpaired) electrons. The molecule has 1 saturated carbocycles. The highest BCUT2D eigenvalue weighted by Crippen LogP contribution is 2.40. The largest absolute Gasteiger partial charge is 0.506 e. The molecule has 6 heteroatoms. The Balaban J connectivity index is 1.27. The number of fused-ring (bicyclic) bond motifs is 1. The summed E-state index contributed by atoms with van der Waals surface area (Å²) in [7, 11) is 0. The van der Waals surface area contributed by atoms with E-state index in [1.54, 1.807) is 24.3 Å². The molecule has 6 nitrogen and oxygen atoms in total. The van der Waals surface area contributed by atoms with Crippen molar-refractivity contribution < 1.29 is 14.9 Å². The highest BCUT2D eigenvalue weighted by molar-refractivity contribution is 5.34. The molecule has 2 aromatic rings. The number of nitriles is 1. The number of aliphatic hydroxyl groups is 1. The van der Waals surface area contributed by atoms with Crippen LogP contribution >= 0.6 is 0 Å². The molecule has 0 amide bonds. The zero-order valence-corrected chi connectivity index (χ0v) is 15.0. The lowest BCUT2D eigenvalue weighted by Gasteiger charge is -2.22. The quantitative estimate of drug-likeness (QED) is 0.846. The van der Waals surface area contributed by atoms with Crippen LogP contribution in [0.2, 0.25) is 0 Å². The summed E-state index contributed by atoms with van der Waals surface area (Å²) in [4.78, 5) is 6.39. The van der Waals surface area contributed by atoms with Crippen molar-refractivity contribution in [1.82, 2.24) is 9.88 Å². The monoisotopic (exact) mass is 365 g/mol. The van der Waals surface area contributed by atoms with Gasteiger partial charge in [-0.25, -0.2) is 0 Å². The number of hydrogen-bond acceptors (Lipinski definition) is 6. The van der Waals surface area contributed by atoms with Crippen LogP contribution in [0.5, 0.6) is 11.5 Å². The van der Waals surface area contributed by atoms with E-state index >= 15 is 0 Å². The van der Waals surface area contributed by atoms with Crippen molar-refractivity contribution in [2.24, 2.45) is 11.8 Å². The van der Waals surface area contributed by atoms with E-state index in [1.165, 1.54) is 6.20 Å². The highest BCUT2D eigenvalue weighted by Gasteiger charge is 2.42. The maximum absolute atomic E-state index is 10.4. The summed E-state index contributed by atoms with van der Waals surface area (Å²) < 4.78 is 6.10. The molecular weight excluding hydrogens is 342 g/mol. The van der Waals surface area contributed by atoms with E-state index < -0.39 is 6.10 Å². The molecule has 27 heavy (non-hydrogen) atoms. The first kappa shape index (κ1) is 17.8. The summed E-state index contributed by atoms with van der Waals surface area (Å²) in [6, 6.07) is 12.6. The van der Waals surface area contributed by atoms with Crippen LogP contribution in [0.3, 0.4) is 0 Å². The average molecular weight is 365 g/mol. The van der Waals surface area contributed by atoms with Crippen molar-refractivity contribution >= 4 is 0 Å². The van der Waals surface area contributed by atoms with E-state index in [9.17, 15) is 10.2 Å². The van der Waals surface area contributed by atoms with Gasteiger partial charge in [0.25, 0.3) is 0 Å². The molecule has 1 aliphatic carbocycles. The molecule has 1 aromatic heterocycles. The predicted octanol–water partition coefficient (Wildman–Crippen LogP) is 2.48. The Morgan fingerprint density at radius 3 is 2.44 bits per heavy atom. The van der Waals surface area contributed by atoms with Gasteiger partial charge in [-0.05, 0) is 61.1 Å². The number of β-amino-alcohol motifs (C(OH)–C–C–N with tert-alkyl or cyclic N) is 1. The Kier molecular flexibility index (Phi) is 4.97. The van der Waals surface area contributed by atoms with Crippen LogP contribution in [-0.4, -0.2) is 45.8 Å². The molecule has 1 saturated heterocycles. The van der Waals surface area contributed by atoms with Crippen molar-refractivity contribution in [1.29, 1.82) is 5.26 Å². The second kappa shape index (κ2) is 7.55. The van der Waals surface area contributed by atoms with Crippen LogP contribution in [0.15, 0.2) is 42.6 Å². The number of ether oxygens (including phenoxy) is 1. The number of hydrogen-bond donors (Lipinski definition) is 2. The Labute approximate surface area is 158 Å². The van der Waals surface area contributed by atoms with Crippen LogP contribution in [-0.2, 0) is 0 Å². The topological polar surface area (TPSA) is 89.6 Å². The van der Waals surface area contributed by atoms with Gasteiger partial charge in [-0.3, -0.25) is 9.88 Å². The summed E-state index contributed by atoms with van der Waals surface area (Å²) in [6.07, 6.45) is 2.99. The number of likely N-dealkylation sites (tertiary alicyclic amines) is 1. The Bertz CT molecular complexity index is 802. The van der Waals surface area contributed by atoms with Crippen molar-refractivity contribution in [3.05, 3.63) is 53.9 Å². The molecule has 0 bridgehead atoms. The van der Waals surface area contributed by atoms with E-state index in [-0.39, 0.29) is 11.9 Å². The number of aromatic nitrogens is 1. The molecule has 4 rings (SSSR count). The van der Waals surface area contributed by atoms with Gasteiger partial charge in [0.1, 0.15) is 17.6 Å². The van der Waals surface area contributed by atoms with Crippen LogP contribution in [0.25, 0.3) is 0 Å². The van der Waals surface area contributed by atoms with Crippen LogP contribution in [0.1, 0.15) is 30.2 Å². The lowest BCUT2D eigenvalue weighted by molar-refractivity contribution is 0.113. The van der Waals surface area contributed by atoms with Gasteiger partial charge in [0.2, 0.25) is 0 Å². The first-order valence-electron chi connectivity index (χ1n) is 9.33. The average Bonchev–Trinajstić information content (AvgIpc) is 3.20. The normalized spacial score (nSPS) is 25.7. The number of aromatic hydroxyl groups is 1. The van der Waals surface area contributed by atoms with Crippen molar-refractivity contribution in [3.63, 3.8) is 0 Å². The Morgan fingerprint density at radius 1 is 1.15 bits per heavy atom. The van der Waals surface area contributed by atoms with E-state index in [0.29, 0.717) is 29.6 Å². The fourth-order valence-electron chi connectivity index (χ4n) is 4.32. The second-order valence-electron chi connectivity index (χ2n) is 7.54. The first-order valence-corrected chi connectivity index (χ1v) is 9.33. The van der Waals surface area contributed by atoms with E-state index in [2.05, 4.69) is 16.0 Å². The van der Waals surface area contributed by atoms with Gasteiger partial charge in [0, 0.05) is 19.6 Å². The van der Waals surface area contributed by atoms with Gasteiger partial charge in [-0.1, -0.05) is 0 Å². The molecule has 4 atom stereocenters. The van der Waals surface area contributed by atoms with Crippen LogP contribution in [0.4, 0.5) is 0 Å². The summed E-state index contributed by atoms with van der Waals surface area (Å²) >= 11 is 0. The van der Waals surface area contributed by atoms with Crippen molar-refractivity contribution in [3.8, 4) is 17.6 Å². The predicted molar refractivity (Wildman–Crippen MR) is 99.1 cm³/mol. The summed E-state index contributed by atoms with van der Waals surface area (Å²) in [5.74, 6) is 2.11. The lowest BCUT2D eigenvalue weighted by Crippen LogP contribution is -2.29. The van der Waals surface area contributed by atoms with Gasteiger partial charge < -0.3 is 14.9 Å². The summed E-state index contributed by atoms with van der Waals surface area (Å²) in [5, 5.41) is 28.6. The maximum Gasteiger partial charge on any atom is 0.133 e. The van der Waals surface area contributed by atoms with E-state index in [1.807, 2.05) is 12.1 Å². The summed E-state index contributed by atoms with van der Waals surface area (Å²) in [5.41, 5.74) is 1.23. The Morgan fingerprint density at radius 2 is 1.85 bits per heavy atom. The molecule has 140 valence electrons. The van der Waals surface area contributed by atoms with E-state index in [0.717, 1.165) is 31.7 Å². The number of benzene rings is 1. The molecule has 1 aliphatic heterocycles. The number of rotatable bonds is 5. The Hall–Kier alpha value is -2.62. The molecule has 2 aliphatic rings. The maximum atomic E-state index is 10.4. The van der Waals surface area contributed by atoms with Gasteiger partial charge in [0.05, 0.1) is 29.6 Å². The smallest absolute Gasteiger partial charge is 0.133 e. The lowest BCUT2D eigenvalue weighted by atomic mass is 10.0. The fourth-order valence-corrected chi connectivity index (χ4v) is 4.32. The minimum Gasteiger partial charge on any atom is -0.506 e. The standard InChI is InChI=1S/C21H23N3O3/c22-9-14-1-4-18(5-2-14)27-19-7-15-11-24(12-16(15)8-19)13-21(26)20-6-3-17(25)10-23-20/h1-6,10,15-16,19,21,25-26H,7-8,11-13H2/t15-,16+,19?,21?. The SMILES string of the molecule is N#Cc1ccc(OC2C[C@@H]3CN(CC(O)c4ccc(O)cn4)C[C@@H]3C2)cc1. The van der Waals surface area contributed by atoms with Crippen LogP contribution < -0.4 is 4.74 Å². The number of pyridine rings is 1. The van der Waals surface area contributed by atoms with Gasteiger partial charge in [-0.2, -0.15) is 5.26 Å². The molecule has 2 heterocycles. The third kappa shape index (κ3) is 4.05. The van der Waals surface area contributed by atoms with Gasteiger partial charge in [0.15, 0.2) is 0 Å². The minimum absolute atomic E-state index is 0.106. The van der Waals surface area contributed by atoms with Crippen molar-refractivity contribution in [2.75, 3.05) is 19.6 Å². The highest BCUT2D eigenvalue weighted by atomic mass is 16.5. The third-order valence-electron chi connectivity index (χ3n) is 5.61. The molecule has 2 N–H and O–H groups in total. The van der Waals surface area contributed by atoms with Gasteiger partial charge >= 0.3 is 0 Å². The molecule has 2 unspecified atom stereocenters. The number of aliphatic hydroxyl groups excluding tert-OH is 1. The zero-order valence-electron chi connectivity index (χ0n) is 15.0. The minimum atomic E-state index is -0.643. The fraction of sp³-hybridized carbons (Fsp3) is 0.429. The summed E-state index contributed by atoms with van der Waals surface area (Å²) in [6.45, 7) is 2.49. The van der Waals surface area contributed by atoms with Gasteiger partial charge in [-0.15, -0.1) is 0 Å². The molecule has 0 spiro atoms. The van der Waals surface area contributed by atoms with Crippen molar-refractivity contribution in [2.45, 2.75) is 25.0 Å². The molecule has 2 fully saturated rings. The second-order valence-corrected chi connectivity index (χ2v) is 7.54. The zero-order chi connectivity index (χ0) is 18.8. The molecule has 1 aromatic carbocycles. The molecular formula is C21H23N3O3. The third-order valence-corrected chi connectivity index (χ3v) is 5.61.